The van der Waals surface area contributed by atoms with Crippen LogP contribution in [0.1, 0.15) is 296 Å². The Morgan fingerprint density at radius 1 is 0.472 bits per heavy atom. The number of quaternary nitrogens is 1. The maximum absolute atomic E-state index is 13.0. The number of hydrogen-bond donors (Lipinski definition) is 3. The largest absolute Gasteiger partial charge is 0.472 e. The van der Waals surface area contributed by atoms with Gasteiger partial charge in [0.25, 0.3) is 0 Å². The Hall–Kier alpha value is -1.54. The van der Waals surface area contributed by atoms with Gasteiger partial charge in [0.15, 0.2) is 0 Å². The van der Waals surface area contributed by atoms with Crippen LogP contribution in [0.25, 0.3) is 0 Å². The molecule has 3 atom stereocenters. The first-order valence-corrected chi connectivity index (χ1v) is 32.5. The molecule has 0 bridgehead atoms. The number of nitrogens with zero attached hydrogens (tertiary/aromatic N) is 1. The van der Waals surface area contributed by atoms with Gasteiger partial charge < -0.3 is 19.8 Å². The van der Waals surface area contributed by atoms with Crippen molar-refractivity contribution in [3.8, 4) is 0 Å². The van der Waals surface area contributed by atoms with Gasteiger partial charge in [0, 0.05) is 6.42 Å². The Kier molecular flexibility index (Phi) is 53.1. The molecule has 0 rings (SSSR count). The smallest absolute Gasteiger partial charge is 0.387 e. The van der Waals surface area contributed by atoms with Crippen molar-refractivity contribution in [2.75, 3.05) is 40.9 Å². The minimum Gasteiger partial charge on any atom is -0.387 e. The third-order valence-electron chi connectivity index (χ3n) is 14.0. The van der Waals surface area contributed by atoms with Gasteiger partial charge in [0.1, 0.15) is 13.2 Å². The van der Waals surface area contributed by atoms with Crippen molar-refractivity contribution in [2.24, 2.45) is 0 Å². The Balaban J connectivity index is 4.20. The number of hydrogen-bond acceptors (Lipinski definition) is 5. The van der Waals surface area contributed by atoms with Gasteiger partial charge in [0.05, 0.1) is 39.9 Å². The molecule has 3 unspecified atom stereocenters. The number of likely N-dealkylation sites (N-methyl/N-ethyl adjacent to an activating group) is 1. The molecule has 0 radical (unpaired) electrons. The van der Waals surface area contributed by atoms with Crippen LogP contribution >= 0.6 is 7.82 Å². The van der Waals surface area contributed by atoms with E-state index in [9.17, 15) is 19.4 Å². The van der Waals surface area contributed by atoms with Crippen LogP contribution in [0.2, 0.25) is 0 Å². The van der Waals surface area contributed by atoms with E-state index in [1.165, 1.54) is 231 Å². The van der Waals surface area contributed by atoms with E-state index in [-0.39, 0.29) is 19.1 Å². The number of amides is 1. The van der Waals surface area contributed by atoms with Crippen LogP contribution in [-0.2, 0) is 18.4 Å². The van der Waals surface area contributed by atoms with Crippen molar-refractivity contribution in [3.63, 3.8) is 0 Å². The maximum atomic E-state index is 13.0. The first-order chi connectivity index (χ1) is 35.0. The number of phosphoric acid groups is 1. The molecule has 0 heterocycles. The van der Waals surface area contributed by atoms with Gasteiger partial charge in [-0.3, -0.25) is 13.8 Å². The zero-order valence-electron chi connectivity index (χ0n) is 48.4. The summed E-state index contributed by atoms with van der Waals surface area (Å²) in [5.41, 5.74) is 0. The Morgan fingerprint density at radius 3 is 1.19 bits per heavy atom. The van der Waals surface area contributed by atoms with Gasteiger partial charge >= 0.3 is 7.82 Å². The van der Waals surface area contributed by atoms with E-state index in [1.54, 1.807) is 6.08 Å². The van der Waals surface area contributed by atoms with E-state index in [4.69, 9.17) is 9.05 Å². The quantitative estimate of drug-likeness (QED) is 0.0243. The second-order valence-corrected chi connectivity index (χ2v) is 23.9. The third kappa shape index (κ3) is 56.2. The zero-order valence-corrected chi connectivity index (χ0v) is 49.3. The van der Waals surface area contributed by atoms with Crippen LogP contribution in [0, 0.1) is 0 Å². The standard InChI is InChI=1S/C63H121N2O6P/c1-6-8-10-12-14-16-18-20-22-24-26-28-30-31-32-33-35-36-38-40-42-44-46-48-50-52-54-56-62(66)61(60-71-72(68,69)70-59-58-65(3,4)5)64-63(67)57-55-53-51-49-47-45-43-41-39-37-34-29-27-25-23-21-19-17-15-13-11-9-7-2/h19,21,25,27,46,48,54,56,61-62,66H,6-18,20,22-24,26,28-45,47,49-53,55,57-60H2,1-5H3,(H-,64,67,68,69)/p+1/b21-19-,27-25-,48-46+,56-54+. The molecule has 72 heavy (non-hydrogen) atoms. The fourth-order valence-corrected chi connectivity index (χ4v) is 9.89. The SMILES string of the molecule is CCCCCCC/C=C\C/C=C\CCCCCCCCCCCCCC(=O)NC(COP(=O)(O)OCC[N+](C)(C)C)C(O)/C=C/CC/C=C/CCCCCCCCCCCCCCCCCCCCCCC. The van der Waals surface area contributed by atoms with Crippen molar-refractivity contribution in [1.82, 2.24) is 5.32 Å². The van der Waals surface area contributed by atoms with Crippen LogP contribution in [0.15, 0.2) is 48.6 Å². The summed E-state index contributed by atoms with van der Waals surface area (Å²) in [7, 11) is 1.56. The van der Waals surface area contributed by atoms with E-state index in [2.05, 4.69) is 55.6 Å². The number of rotatable bonds is 57. The van der Waals surface area contributed by atoms with Gasteiger partial charge in [-0.25, -0.2) is 4.57 Å². The zero-order chi connectivity index (χ0) is 52.7. The summed E-state index contributed by atoms with van der Waals surface area (Å²) in [6, 6.07) is -0.866. The number of phosphoric ester groups is 1. The molecule has 0 aliphatic carbocycles. The van der Waals surface area contributed by atoms with E-state index in [1.807, 2.05) is 27.2 Å². The summed E-state index contributed by atoms with van der Waals surface area (Å²) in [5, 5.41) is 13.9. The molecule has 0 fully saturated rings. The average Bonchev–Trinajstić information content (AvgIpc) is 3.34. The van der Waals surface area contributed by atoms with Crippen LogP contribution in [0.4, 0.5) is 0 Å². The molecule has 1 amide bonds. The van der Waals surface area contributed by atoms with Crippen LogP contribution in [0.3, 0.4) is 0 Å². The van der Waals surface area contributed by atoms with Crippen LogP contribution in [-0.4, -0.2) is 73.4 Å². The summed E-state index contributed by atoms with van der Waals surface area (Å²) < 4.78 is 23.7. The molecule has 0 aromatic heterocycles. The Bertz CT molecular complexity index is 1310. The molecule has 9 heteroatoms. The van der Waals surface area contributed by atoms with Crippen molar-refractivity contribution in [1.29, 1.82) is 0 Å². The van der Waals surface area contributed by atoms with Crippen molar-refractivity contribution >= 4 is 13.7 Å². The molecular formula is C63H122N2O6P+. The first-order valence-electron chi connectivity index (χ1n) is 31.0. The minimum absolute atomic E-state index is 0.0554. The number of unbranched alkanes of at least 4 members (excludes halogenated alkanes) is 38. The van der Waals surface area contributed by atoms with E-state index in [0.29, 0.717) is 17.4 Å². The van der Waals surface area contributed by atoms with Gasteiger partial charge in [-0.15, -0.1) is 0 Å². The number of allylic oxidation sites excluding steroid dienone is 7. The number of aliphatic hydroxyl groups excluding tert-OH is 1. The second-order valence-electron chi connectivity index (χ2n) is 22.4. The molecule has 0 aliphatic rings. The summed E-state index contributed by atoms with van der Waals surface area (Å²) in [6.07, 6.45) is 72.3. The maximum Gasteiger partial charge on any atom is 0.472 e. The predicted molar refractivity (Wildman–Crippen MR) is 314 cm³/mol. The molecule has 0 aliphatic heterocycles. The fraction of sp³-hybridized carbons (Fsp3) is 0.857. The number of carbonyl (C=O) groups excluding carboxylic acids is 1. The minimum atomic E-state index is -4.36. The fourth-order valence-electron chi connectivity index (χ4n) is 9.15. The molecule has 0 aromatic carbocycles. The highest BCUT2D eigenvalue weighted by Crippen LogP contribution is 2.43. The topological polar surface area (TPSA) is 105 Å². The summed E-state index contributed by atoms with van der Waals surface area (Å²) in [6.45, 7) is 4.82. The molecule has 424 valence electrons. The molecule has 0 aromatic rings. The summed E-state index contributed by atoms with van der Waals surface area (Å²) in [5.74, 6) is -0.186. The highest BCUT2D eigenvalue weighted by molar-refractivity contribution is 7.47. The van der Waals surface area contributed by atoms with Crippen LogP contribution in [0.5, 0.6) is 0 Å². The van der Waals surface area contributed by atoms with Gasteiger partial charge in [-0.1, -0.05) is 274 Å². The van der Waals surface area contributed by atoms with Crippen molar-refractivity contribution < 1.29 is 32.9 Å². The number of nitrogens with one attached hydrogen (secondary N) is 1. The molecule has 3 N–H and O–H groups in total. The highest BCUT2D eigenvalue weighted by atomic mass is 31.2. The Morgan fingerprint density at radius 2 is 0.806 bits per heavy atom. The molecule has 8 nitrogen and oxygen atoms in total. The highest BCUT2D eigenvalue weighted by Gasteiger charge is 2.27. The number of aliphatic hydroxyl groups is 1. The van der Waals surface area contributed by atoms with Crippen LogP contribution < -0.4 is 5.32 Å². The van der Waals surface area contributed by atoms with Gasteiger partial charge in [-0.05, 0) is 64.2 Å². The Labute approximate surface area is 448 Å². The van der Waals surface area contributed by atoms with Gasteiger partial charge in [0.2, 0.25) is 5.91 Å². The van der Waals surface area contributed by atoms with Crippen molar-refractivity contribution in [3.05, 3.63) is 48.6 Å². The van der Waals surface area contributed by atoms with Gasteiger partial charge in [-0.2, -0.15) is 0 Å². The molecular weight excluding hydrogens is 912 g/mol. The van der Waals surface area contributed by atoms with Crippen molar-refractivity contribution in [2.45, 2.75) is 309 Å². The lowest BCUT2D eigenvalue weighted by atomic mass is 10.0. The molecule has 0 spiro atoms. The normalized spacial score (nSPS) is 14.2. The number of carbonyl (C=O) groups is 1. The lowest BCUT2D eigenvalue weighted by Crippen LogP contribution is -2.45. The second kappa shape index (κ2) is 54.3. The monoisotopic (exact) mass is 1030 g/mol. The summed E-state index contributed by atoms with van der Waals surface area (Å²) in [4.78, 5) is 23.3. The third-order valence-corrected chi connectivity index (χ3v) is 15.0. The lowest BCUT2D eigenvalue weighted by Gasteiger charge is -2.25. The lowest BCUT2D eigenvalue weighted by molar-refractivity contribution is -0.870. The average molecular weight is 1030 g/mol. The molecule has 0 saturated carbocycles. The summed E-state index contributed by atoms with van der Waals surface area (Å²) >= 11 is 0. The first kappa shape index (κ1) is 70.5. The van der Waals surface area contributed by atoms with E-state index < -0.39 is 20.0 Å². The van der Waals surface area contributed by atoms with E-state index in [0.717, 1.165) is 44.9 Å². The predicted octanol–water partition coefficient (Wildman–Crippen LogP) is 19.1. The van der Waals surface area contributed by atoms with E-state index >= 15 is 0 Å². The molecule has 0 saturated heterocycles.